The lowest BCUT2D eigenvalue weighted by molar-refractivity contribution is -0.139. The van der Waals surface area contributed by atoms with Crippen LogP contribution in [-0.2, 0) is 22.4 Å². The molecule has 0 unspecified atom stereocenters. The van der Waals surface area contributed by atoms with E-state index in [2.05, 4.69) is 0 Å². The molecule has 0 saturated carbocycles. The van der Waals surface area contributed by atoms with Gasteiger partial charge in [0.15, 0.2) is 0 Å². The second-order valence-electron chi connectivity index (χ2n) is 6.39. The Morgan fingerprint density at radius 1 is 1.17 bits per heavy atom. The van der Waals surface area contributed by atoms with Gasteiger partial charge < -0.3 is 14.4 Å². The molecule has 5 heteroatoms. The Morgan fingerprint density at radius 3 is 2.38 bits per heavy atom. The number of benzene rings is 1. The van der Waals surface area contributed by atoms with Crippen molar-refractivity contribution in [2.75, 3.05) is 20.2 Å². The molecule has 1 fully saturated rings. The molecule has 0 spiro atoms. The van der Waals surface area contributed by atoms with Crippen LogP contribution in [0.5, 0.6) is 5.75 Å². The van der Waals surface area contributed by atoms with E-state index in [4.69, 9.17) is 9.47 Å². The van der Waals surface area contributed by atoms with Crippen LogP contribution in [0.25, 0.3) is 0 Å². The molecular formula is C19H27NO4. The SMILES string of the molecule is CCc1cc(CC(=O)OC)c(C(=O)N2CCCC2)cc1OC(C)C. The largest absolute Gasteiger partial charge is 0.491 e. The van der Waals surface area contributed by atoms with Crippen LogP contribution in [0.15, 0.2) is 12.1 Å². The third kappa shape index (κ3) is 4.28. The number of carbonyl (C=O) groups excluding carboxylic acids is 2. The summed E-state index contributed by atoms with van der Waals surface area (Å²) < 4.78 is 10.7. The number of ether oxygens (including phenoxy) is 2. The van der Waals surface area contributed by atoms with Crippen LogP contribution >= 0.6 is 0 Å². The zero-order valence-corrected chi connectivity index (χ0v) is 15.1. The summed E-state index contributed by atoms with van der Waals surface area (Å²) in [6.45, 7) is 7.50. The number of nitrogens with zero attached hydrogens (tertiary/aromatic N) is 1. The van der Waals surface area contributed by atoms with Gasteiger partial charge in [-0.2, -0.15) is 0 Å². The summed E-state index contributed by atoms with van der Waals surface area (Å²) in [5.41, 5.74) is 2.27. The highest BCUT2D eigenvalue weighted by atomic mass is 16.5. The lowest BCUT2D eigenvalue weighted by atomic mass is 9.98. The minimum absolute atomic E-state index is 0.0245. The zero-order valence-electron chi connectivity index (χ0n) is 15.1. The van der Waals surface area contributed by atoms with Crippen molar-refractivity contribution in [3.05, 3.63) is 28.8 Å². The summed E-state index contributed by atoms with van der Waals surface area (Å²) in [7, 11) is 1.36. The van der Waals surface area contributed by atoms with Gasteiger partial charge in [0.05, 0.1) is 19.6 Å². The molecule has 1 aromatic rings. The van der Waals surface area contributed by atoms with Crippen LogP contribution in [-0.4, -0.2) is 43.1 Å². The second-order valence-corrected chi connectivity index (χ2v) is 6.39. The van der Waals surface area contributed by atoms with E-state index in [1.165, 1.54) is 7.11 Å². The summed E-state index contributed by atoms with van der Waals surface area (Å²) in [5.74, 6) is 0.358. The fraction of sp³-hybridized carbons (Fsp3) is 0.579. The highest BCUT2D eigenvalue weighted by Crippen LogP contribution is 2.28. The van der Waals surface area contributed by atoms with Crippen LogP contribution in [0.1, 0.15) is 55.1 Å². The lowest BCUT2D eigenvalue weighted by Gasteiger charge is -2.21. The maximum absolute atomic E-state index is 12.9. The van der Waals surface area contributed by atoms with Gasteiger partial charge >= 0.3 is 5.97 Å². The quantitative estimate of drug-likeness (QED) is 0.751. The Morgan fingerprint density at radius 2 is 1.83 bits per heavy atom. The van der Waals surface area contributed by atoms with E-state index in [0.717, 1.165) is 43.7 Å². The van der Waals surface area contributed by atoms with Crippen molar-refractivity contribution >= 4 is 11.9 Å². The molecule has 0 bridgehead atoms. The molecule has 0 atom stereocenters. The first-order chi connectivity index (χ1) is 11.5. The number of likely N-dealkylation sites (tertiary alicyclic amines) is 1. The van der Waals surface area contributed by atoms with Crippen LogP contribution in [0, 0.1) is 0 Å². The van der Waals surface area contributed by atoms with Crippen molar-refractivity contribution in [1.29, 1.82) is 0 Å². The molecule has 0 N–H and O–H groups in total. The molecule has 0 aromatic heterocycles. The number of hydrogen-bond acceptors (Lipinski definition) is 4. The zero-order chi connectivity index (χ0) is 17.7. The Labute approximate surface area is 143 Å². The highest BCUT2D eigenvalue weighted by Gasteiger charge is 2.24. The molecule has 5 nitrogen and oxygen atoms in total. The molecule has 1 aliphatic rings. The van der Waals surface area contributed by atoms with Gasteiger partial charge in [0.2, 0.25) is 0 Å². The molecule has 0 aliphatic carbocycles. The van der Waals surface area contributed by atoms with Gasteiger partial charge in [-0.25, -0.2) is 0 Å². The lowest BCUT2D eigenvalue weighted by Crippen LogP contribution is -2.29. The predicted molar refractivity (Wildman–Crippen MR) is 92.4 cm³/mol. The molecule has 0 radical (unpaired) electrons. The smallest absolute Gasteiger partial charge is 0.310 e. The standard InChI is InChI=1S/C19H27NO4/c1-5-14-10-15(11-18(21)23-4)16(12-17(14)24-13(2)3)19(22)20-8-6-7-9-20/h10,12-13H,5-9,11H2,1-4H3. The minimum Gasteiger partial charge on any atom is -0.491 e. The first-order valence-corrected chi connectivity index (χ1v) is 8.64. The fourth-order valence-electron chi connectivity index (χ4n) is 2.98. The Bertz CT molecular complexity index is 604. The first kappa shape index (κ1) is 18.3. The van der Waals surface area contributed by atoms with Gasteiger partial charge in [-0.3, -0.25) is 9.59 Å². The number of amides is 1. The van der Waals surface area contributed by atoms with Crippen molar-refractivity contribution < 1.29 is 19.1 Å². The average Bonchev–Trinajstić information content (AvgIpc) is 3.08. The van der Waals surface area contributed by atoms with Crippen LogP contribution in [0.4, 0.5) is 0 Å². The van der Waals surface area contributed by atoms with E-state index in [9.17, 15) is 9.59 Å². The Balaban J connectivity index is 2.45. The number of aryl methyl sites for hydroxylation is 1. The molecule has 1 aromatic carbocycles. The third-order valence-electron chi connectivity index (χ3n) is 4.22. The predicted octanol–water partition coefficient (Wildman–Crippen LogP) is 2.99. The van der Waals surface area contributed by atoms with Crippen molar-refractivity contribution in [2.24, 2.45) is 0 Å². The summed E-state index contributed by atoms with van der Waals surface area (Å²) in [5, 5.41) is 0. The second kappa shape index (κ2) is 8.18. The van der Waals surface area contributed by atoms with E-state index in [0.29, 0.717) is 11.1 Å². The first-order valence-electron chi connectivity index (χ1n) is 8.64. The number of carbonyl (C=O) groups is 2. The molecule has 2 rings (SSSR count). The van der Waals surface area contributed by atoms with Crippen LogP contribution in [0.3, 0.4) is 0 Å². The monoisotopic (exact) mass is 333 g/mol. The number of rotatable bonds is 6. The van der Waals surface area contributed by atoms with Gasteiger partial charge in [0, 0.05) is 18.7 Å². The number of esters is 1. The Hall–Kier alpha value is -2.04. The Kier molecular flexibility index (Phi) is 6.23. The van der Waals surface area contributed by atoms with Gasteiger partial charge in [-0.15, -0.1) is 0 Å². The van der Waals surface area contributed by atoms with E-state index in [1.807, 2.05) is 31.7 Å². The van der Waals surface area contributed by atoms with Crippen LogP contribution < -0.4 is 4.74 Å². The van der Waals surface area contributed by atoms with E-state index < -0.39 is 0 Å². The maximum Gasteiger partial charge on any atom is 0.310 e. The maximum atomic E-state index is 12.9. The van der Waals surface area contributed by atoms with E-state index >= 15 is 0 Å². The molecule has 1 amide bonds. The van der Waals surface area contributed by atoms with Gasteiger partial charge in [0.1, 0.15) is 5.75 Å². The highest BCUT2D eigenvalue weighted by molar-refractivity contribution is 5.97. The normalized spacial score (nSPS) is 14.1. The third-order valence-corrected chi connectivity index (χ3v) is 4.22. The molecule has 1 aliphatic heterocycles. The van der Waals surface area contributed by atoms with Crippen molar-refractivity contribution in [2.45, 2.75) is 52.6 Å². The molecule has 1 saturated heterocycles. The summed E-state index contributed by atoms with van der Waals surface area (Å²) >= 11 is 0. The van der Waals surface area contributed by atoms with E-state index in [-0.39, 0.29) is 24.4 Å². The molecule has 132 valence electrons. The summed E-state index contributed by atoms with van der Waals surface area (Å²) in [4.78, 5) is 26.5. The van der Waals surface area contributed by atoms with Crippen molar-refractivity contribution in [1.82, 2.24) is 4.90 Å². The topological polar surface area (TPSA) is 55.8 Å². The molecular weight excluding hydrogens is 306 g/mol. The molecule has 1 heterocycles. The van der Waals surface area contributed by atoms with Crippen LogP contribution in [0.2, 0.25) is 0 Å². The van der Waals surface area contributed by atoms with Crippen molar-refractivity contribution in [3.8, 4) is 5.75 Å². The fourth-order valence-corrected chi connectivity index (χ4v) is 2.98. The number of hydrogen-bond donors (Lipinski definition) is 0. The van der Waals surface area contributed by atoms with Crippen molar-refractivity contribution in [3.63, 3.8) is 0 Å². The van der Waals surface area contributed by atoms with Gasteiger partial charge in [-0.1, -0.05) is 13.0 Å². The number of methoxy groups -OCH3 is 1. The van der Waals surface area contributed by atoms with Gasteiger partial charge in [0.25, 0.3) is 5.91 Å². The van der Waals surface area contributed by atoms with Gasteiger partial charge in [-0.05, 0) is 50.3 Å². The summed E-state index contributed by atoms with van der Waals surface area (Å²) in [6.07, 6.45) is 2.95. The molecule has 24 heavy (non-hydrogen) atoms. The summed E-state index contributed by atoms with van der Waals surface area (Å²) in [6, 6.07) is 3.72. The van der Waals surface area contributed by atoms with E-state index in [1.54, 1.807) is 6.07 Å². The minimum atomic E-state index is -0.343. The average molecular weight is 333 g/mol.